The van der Waals surface area contributed by atoms with Crippen LogP contribution in [0.5, 0.6) is 0 Å². The van der Waals surface area contributed by atoms with Gasteiger partial charge in [0.2, 0.25) is 0 Å². The lowest BCUT2D eigenvalue weighted by molar-refractivity contribution is 0.0729. The number of piperidine rings is 1. The summed E-state index contributed by atoms with van der Waals surface area (Å²) in [5.74, 6) is 0.196. The first kappa shape index (κ1) is 16.6. The Morgan fingerprint density at radius 3 is 2.40 bits per heavy atom. The molecule has 0 unspecified atom stereocenters. The number of benzene rings is 1. The molecule has 2 aliphatic rings. The monoisotopic (exact) mass is 356 g/mol. The van der Waals surface area contributed by atoms with Gasteiger partial charge in [0.25, 0.3) is 5.91 Å². The number of hydrogen-bond acceptors (Lipinski definition) is 4. The van der Waals surface area contributed by atoms with Gasteiger partial charge in [0.1, 0.15) is 0 Å². The molecular weight excluding hydrogens is 332 g/mol. The highest BCUT2D eigenvalue weighted by atomic mass is 32.1. The molecule has 0 saturated carbocycles. The minimum Gasteiger partial charge on any atom is -0.378 e. The third-order valence-electron chi connectivity index (χ3n) is 4.95. The van der Waals surface area contributed by atoms with Crippen molar-refractivity contribution < 1.29 is 9.53 Å². The molecular formula is C20H24N2O2S. The van der Waals surface area contributed by atoms with Crippen molar-refractivity contribution in [2.45, 2.75) is 19.3 Å². The largest absolute Gasteiger partial charge is 0.378 e. The van der Waals surface area contributed by atoms with Gasteiger partial charge >= 0.3 is 0 Å². The van der Waals surface area contributed by atoms with E-state index in [1.165, 1.54) is 22.5 Å². The quantitative estimate of drug-likeness (QED) is 0.837. The zero-order valence-electron chi connectivity index (χ0n) is 14.4. The van der Waals surface area contributed by atoms with Crippen molar-refractivity contribution in [1.82, 2.24) is 4.90 Å². The van der Waals surface area contributed by atoms with Crippen molar-refractivity contribution in [2.24, 2.45) is 0 Å². The SMILES string of the molecule is O=C(c1cc(-c2ccccc2)c(N2CCOCC2)s1)N1CCCCC1. The number of likely N-dealkylation sites (tertiary alicyclic amines) is 1. The predicted molar refractivity (Wildman–Crippen MR) is 103 cm³/mol. The Balaban J connectivity index is 1.68. The van der Waals surface area contributed by atoms with Crippen LogP contribution in [-0.2, 0) is 4.74 Å². The average molecular weight is 356 g/mol. The second kappa shape index (κ2) is 7.58. The molecule has 2 aliphatic heterocycles. The maximum atomic E-state index is 13.0. The van der Waals surface area contributed by atoms with Gasteiger partial charge in [-0.25, -0.2) is 0 Å². The number of nitrogens with zero attached hydrogens (tertiary/aromatic N) is 2. The summed E-state index contributed by atoms with van der Waals surface area (Å²) in [5, 5.41) is 1.20. The summed E-state index contributed by atoms with van der Waals surface area (Å²) in [6.45, 7) is 5.06. The van der Waals surface area contributed by atoms with Crippen LogP contribution in [0.3, 0.4) is 0 Å². The summed E-state index contributed by atoms with van der Waals surface area (Å²) in [7, 11) is 0. The van der Waals surface area contributed by atoms with E-state index in [-0.39, 0.29) is 5.91 Å². The highest BCUT2D eigenvalue weighted by Gasteiger charge is 2.25. The average Bonchev–Trinajstić information content (AvgIpc) is 3.15. The lowest BCUT2D eigenvalue weighted by Crippen LogP contribution is -2.36. The van der Waals surface area contributed by atoms with E-state index in [0.29, 0.717) is 0 Å². The third-order valence-corrected chi connectivity index (χ3v) is 6.13. The Kier molecular flexibility index (Phi) is 5.04. The number of carbonyl (C=O) groups excluding carboxylic acids is 1. The molecule has 2 aromatic rings. The van der Waals surface area contributed by atoms with E-state index in [1.54, 1.807) is 11.3 Å². The van der Waals surface area contributed by atoms with Gasteiger partial charge < -0.3 is 14.5 Å². The summed E-state index contributed by atoms with van der Waals surface area (Å²) in [5.41, 5.74) is 2.35. The number of morpholine rings is 1. The molecule has 0 bridgehead atoms. The fraction of sp³-hybridized carbons (Fsp3) is 0.450. The molecule has 25 heavy (non-hydrogen) atoms. The molecule has 0 spiro atoms. The van der Waals surface area contributed by atoms with Crippen molar-refractivity contribution in [3.63, 3.8) is 0 Å². The molecule has 0 radical (unpaired) electrons. The van der Waals surface area contributed by atoms with Gasteiger partial charge in [-0.05, 0) is 30.9 Å². The van der Waals surface area contributed by atoms with E-state index in [9.17, 15) is 4.79 Å². The van der Waals surface area contributed by atoms with Crippen LogP contribution >= 0.6 is 11.3 Å². The van der Waals surface area contributed by atoms with E-state index in [1.807, 2.05) is 11.0 Å². The molecule has 1 aromatic heterocycles. The molecule has 5 heteroatoms. The number of thiophene rings is 1. The van der Waals surface area contributed by atoms with Crippen LogP contribution in [0.15, 0.2) is 36.4 Å². The highest BCUT2D eigenvalue weighted by molar-refractivity contribution is 7.18. The smallest absolute Gasteiger partial charge is 0.264 e. The van der Waals surface area contributed by atoms with E-state index >= 15 is 0 Å². The molecule has 4 rings (SSSR count). The summed E-state index contributed by atoms with van der Waals surface area (Å²) < 4.78 is 5.50. The zero-order chi connectivity index (χ0) is 17.1. The number of anilines is 1. The zero-order valence-corrected chi connectivity index (χ0v) is 15.3. The van der Waals surface area contributed by atoms with Crippen LogP contribution in [-0.4, -0.2) is 50.2 Å². The summed E-state index contributed by atoms with van der Waals surface area (Å²) in [6, 6.07) is 12.5. The van der Waals surface area contributed by atoms with Gasteiger partial charge in [0.15, 0.2) is 0 Å². The van der Waals surface area contributed by atoms with E-state index < -0.39 is 0 Å². The molecule has 3 heterocycles. The van der Waals surface area contributed by atoms with Crippen LogP contribution in [0.2, 0.25) is 0 Å². The first-order valence-electron chi connectivity index (χ1n) is 9.14. The van der Waals surface area contributed by atoms with Crippen LogP contribution < -0.4 is 4.90 Å². The summed E-state index contributed by atoms with van der Waals surface area (Å²) >= 11 is 1.64. The van der Waals surface area contributed by atoms with Crippen LogP contribution in [0.25, 0.3) is 11.1 Å². The van der Waals surface area contributed by atoms with Gasteiger partial charge in [0.05, 0.1) is 23.1 Å². The Bertz CT molecular complexity index is 717. The first-order chi connectivity index (χ1) is 12.3. The predicted octanol–water partition coefficient (Wildman–Crippen LogP) is 3.88. The standard InChI is InChI=1S/C20H24N2O2S/c23-19(21-9-5-2-6-10-21)18-15-17(16-7-3-1-4-8-16)20(25-18)22-11-13-24-14-12-22/h1,3-4,7-8,15H,2,5-6,9-14H2. The topological polar surface area (TPSA) is 32.8 Å². The van der Waals surface area contributed by atoms with Crippen LogP contribution in [0.1, 0.15) is 28.9 Å². The molecule has 2 fully saturated rings. The molecule has 1 aromatic carbocycles. The number of amides is 1. The number of carbonyl (C=O) groups is 1. The van der Waals surface area contributed by atoms with Crippen molar-refractivity contribution in [1.29, 1.82) is 0 Å². The second-order valence-corrected chi connectivity index (χ2v) is 7.68. The summed E-state index contributed by atoms with van der Waals surface area (Å²) in [6.07, 6.45) is 3.49. The molecule has 2 saturated heterocycles. The molecule has 0 aliphatic carbocycles. The van der Waals surface area contributed by atoms with Gasteiger partial charge in [-0.2, -0.15) is 0 Å². The van der Waals surface area contributed by atoms with Crippen LogP contribution in [0, 0.1) is 0 Å². The fourth-order valence-electron chi connectivity index (χ4n) is 3.57. The molecule has 0 N–H and O–H groups in total. The van der Waals surface area contributed by atoms with Crippen molar-refractivity contribution >= 4 is 22.2 Å². The maximum Gasteiger partial charge on any atom is 0.264 e. The van der Waals surface area contributed by atoms with Gasteiger partial charge in [-0.15, -0.1) is 11.3 Å². The number of hydrogen-bond donors (Lipinski definition) is 0. The number of ether oxygens (including phenoxy) is 1. The minimum absolute atomic E-state index is 0.196. The van der Waals surface area contributed by atoms with Gasteiger partial charge in [-0.3, -0.25) is 4.79 Å². The fourth-order valence-corrected chi connectivity index (χ4v) is 4.77. The van der Waals surface area contributed by atoms with Crippen molar-refractivity contribution in [2.75, 3.05) is 44.3 Å². The highest BCUT2D eigenvalue weighted by Crippen LogP contribution is 2.40. The Labute approximate surface area is 153 Å². The number of rotatable bonds is 3. The molecule has 1 amide bonds. The molecule has 0 atom stereocenters. The Morgan fingerprint density at radius 2 is 1.68 bits per heavy atom. The third kappa shape index (κ3) is 3.58. The lowest BCUT2D eigenvalue weighted by Gasteiger charge is -2.28. The Hall–Kier alpha value is -1.85. The molecule has 4 nitrogen and oxygen atoms in total. The minimum atomic E-state index is 0.196. The summed E-state index contributed by atoms with van der Waals surface area (Å²) in [4.78, 5) is 18.2. The van der Waals surface area contributed by atoms with Crippen molar-refractivity contribution in [3.8, 4) is 11.1 Å². The van der Waals surface area contributed by atoms with E-state index in [0.717, 1.165) is 57.1 Å². The first-order valence-corrected chi connectivity index (χ1v) is 9.96. The maximum absolute atomic E-state index is 13.0. The van der Waals surface area contributed by atoms with Gasteiger partial charge in [0, 0.05) is 31.7 Å². The van der Waals surface area contributed by atoms with E-state index in [2.05, 4.69) is 35.2 Å². The van der Waals surface area contributed by atoms with Crippen LogP contribution in [0.4, 0.5) is 5.00 Å². The normalized spacial score (nSPS) is 18.4. The molecule has 132 valence electrons. The lowest BCUT2D eigenvalue weighted by atomic mass is 10.1. The van der Waals surface area contributed by atoms with E-state index in [4.69, 9.17) is 4.74 Å². The Morgan fingerprint density at radius 1 is 0.960 bits per heavy atom. The second-order valence-electron chi connectivity index (χ2n) is 6.65. The van der Waals surface area contributed by atoms with Gasteiger partial charge in [-0.1, -0.05) is 30.3 Å². The van der Waals surface area contributed by atoms with Crippen molar-refractivity contribution in [3.05, 3.63) is 41.3 Å².